The highest BCUT2D eigenvalue weighted by Gasteiger charge is 2.29. The van der Waals surface area contributed by atoms with Gasteiger partial charge in [0.2, 0.25) is 0 Å². The molecule has 0 aromatic heterocycles. The van der Waals surface area contributed by atoms with Crippen LogP contribution in [0.5, 0.6) is 5.75 Å². The Hall–Kier alpha value is -1.75. The Morgan fingerprint density at radius 3 is 2.83 bits per heavy atom. The average Bonchev–Trinajstić information content (AvgIpc) is 2.86. The molecule has 1 aromatic carbocycles. The molecule has 1 fully saturated rings. The zero-order valence-electron chi connectivity index (χ0n) is 10.7. The molecule has 1 aliphatic rings. The van der Waals surface area contributed by atoms with Crippen molar-refractivity contribution in [3.05, 3.63) is 23.8 Å². The minimum atomic E-state index is -0.0931. The van der Waals surface area contributed by atoms with Crippen molar-refractivity contribution >= 4 is 11.6 Å². The van der Waals surface area contributed by atoms with Crippen LogP contribution in [0.1, 0.15) is 16.8 Å². The van der Waals surface area contributed by atoms with Gasteiger partial charge in [0.15, 0.2) is 0 Å². The van der Waals surface area contributed by atoms with Gasteiger partial charge in [-0.2, -0.15) is 0 Å². The van der Waals surface area contributed by atoms with E-state index in [9.17, 15) is 4.79 Å². The van der Waals surface area contributed by atoms with Gasteiger partial charge in [-0.3, -0.25) is 4.79 Å². The fourth-order valence-electron chi connectivity index (χ4n) is 2.21. The number of carbonyl (C=O) groups excluding carboxylic acids is 1. The molecule has 5 nitrogen and oxygen atoms in total. The topological polar surface area (TPSA) is 64.8 Å². The van der Waals surface area contributed by atoms with Gasteiger partial charge in [-0.25, -0.2) is 0 Å². The molecule has 0 saturated carbocycles. The third kappa shape index (κ3) is 2.26. The zero-order chi connectivity index (χ0) is 13.1. The molecule has 18 heavy (non-hydrogen) atoms. The van der Waals surface area contributed by atoms with E-state index in [2.05, 4.69) is 0 Å². The van der Waals surface area contributed by atoms with E-state index >= 15 is 0 Å². The first kappa shape index (κ1) is 12.7. The number of nitrogens with zero attached hydrogens (tertiary/aromatic N) is 1. The predicted octanol–water partition coefficient (Wildman–Crippen LogP) is 1.14. The van der Waals surface area contributed by atoms with Crippen LogP contribution in [0.4, 0.5) is 5.69 Å². The number of amides is 1. The number of carbonyl (C=O) groups is 1. The second kappa shape index (κ2) is 5.27. The summed E-state index contributed by atoms with van der Waals surface area (Å²) in [4.78, 5) is 14.2. The fourth-order valence-corrected chi connectivity index (χ4v) is 2.21. The number of ether oxygens (including phenoxy) is 2. The summed E-state index contributed by atoms with van der Waals surface area (Å²) < 4.78 is 10.5. The van der Waals surface area contributed by atoms with Gasteiger partial charge >= 0.3 is 0 Å². The molecular formula is C13H18N2O3. The summed E-state index contributed by atoms with van der Waals surface area (Å²) in [7, 11) is 3.20. The monoisotopic (exact) mass is 250 g/mol. The van der Waals surface area contributed by atoms with Crippen molar-refractivity contribution in [1.82, 2.24) is 4.90 Å². The van der Waals surface area contributed by atoms with Crippen molar-refractivity contribution in [2.45, 2.75) is 12.5 Å². The van der Waals surface area contributed by atoms with Gasteiger partial charge in [0.05, 0.1) is 13.2 Å². The molecule has 5 heteroatoms. The van der Waals surface area contributed by atoms with Gasteiger partial charge in [0.25, 0.3) is 5.91 Å². The smallest absolute Gasteiger partial charge is 0.259 e. The maximum Gasteiger partial charge on any atom is 0.259 e. The second-order valence-electron chi connectivity index (χ2n) is 4.32. The van der Waals surface area contributed by atoms with Gasteiger partial charge in [0.1, 0.15) is 11.3 Å². The molecule has 1 aliphatic heterocycles. The van der Waals surface area contributed by atoms with Crippen LogP contribution in [-0.4, -0.2) is 44.2 Å². The summed E-state index contributed by atoms with van der Waals surface area (Å²) in [6.07, 6.45) is 0.974. The Bertz CT molecular complexity index is 448. The molecule has 2 rings (SSSR count). The Labute approximate surface area is 106 Å². The molecule has 1 unspecified atom stereocenters. The highest BCUT2D eigenvalue weighted by atomic mass is 16.5. The molecular weight excluding hydrogens is 232 g/mol. The number of rotatable bonds is 3. The first-order chi connectivity index (χ1) is 8.67. The van der Waals surface area contributed by atoms with Gasteiger partial charge in [0, 0.05) is 25.9 Å². The normalized spacial score (nSPS) is 19.0. The van der Waals surface area contributed by atoms with Crippen molar-refractivity contribution in [2.75, 3.05) is 33.0 Å². The molecule has 98 valence electrons. The van der Waals surface area contributed by atoms with Crippen molar-refractivity contribution in [3.63, 3.8) is 0 Å². The first-order valence-corrected chi connectivity index (χ1v) is 5.92. The Balaban J connectivity index is 2.24. The fraction of sp³-hybridized carbons (Fsp3) is 0.462. The molecule has 0 aliphatic carbocycles. The Morgan fingerprint density at radius 2 is 2.22 bits per heavy atom. The number of methoxy groups -OCH3 is 2. The van der Waals surface area contributed by atoms with Crippen LogP contribution in [-0.2, 0) is 4.74 Å². The molecule has 1 amide bonds. The van der Waals surface area contributed by atoms with Crippen LogP contribution >= 0.6 is 0 Å². The molecule has 1 heterocycles. The molecule has 2 N–H and O–H groups in total. The van der Waals surface area contributed by atoms with Crippen LogP contribution in [0.2, 0.25) is 0 Å². The lowest BCUT2D eigenvalue weighted by atomic mass is 10.1. The first-order valence-electron chi connectivity index (χ1n) is 5.92. The number of hydrogen-bond acceptors (Lipinski definition) is 4. The van der Waals surface area contributed by atoms with Gasteiger partial charge < -0.3 is 20.1 Å². The van der Waals surface area contributed by atoms with E-state index in [1.807, 2.05) is 0 Å². The Kier molecular flexibility index (Phi) is 3.72. The Morgan fingerprint density at radius 1 is 1.44 bits per heavy atom. The van der Waals surface area contributed by atoms with Crippen LogP contribution < -0.4 is 10.5 Å². The number of nitrogens with two attached hydrogens (primary N) is 1. The lowest BCUT2D eigenvalue weighted by Crippen LogP contribution is -2.30. The SMILES string of the molecule is COc1cccc(N)c1C(=O)N1CCC(OC)C1. The van der Waals surface area contributed by atoms with Crippen molar-refractivity contribution in [3.8, 4) is 5.75 Å². The summed E-state index contributed by atoms with van der Waals surface area (Å²) in [6.45, 7) is 1.29. The van der Waals surface area contributed by atoms with Crippen molar-refractivity contribution < 1.29 is 14.3 Å². The summed E-state index contributed by atoms with van der Waals surface area (Å²) >= 11 is 0. The second-order valence-corrected chi connectivity index (χ2v) is 4.32. The third-order valence-electron chi connectivity index (χ3n) is 3.26. The average molecular weight is 250 g/mol. The predicted molar refractivity (Wildman–Crippen MR) is 68.7 cm³/mol. The maximum absolute atomic E-state index is 12.4. The van der Waals surface area contributed by atoms with Crippen LogP contribution in [0, 0.1) is 0 Å². The molecule has 0 bridgehead atoms. The molecule has 0 radical (unpaired) electrons. The van der Waals surface area contributed by atoms with E-state index in [4.69, 9.17) is 15.2 Å². The van der Waals surface area contributed by atoms with Gasteiger partial charge in [-0.05, 0) is 18.6 Å². The number of anilines is 1. The van der Waals surface area contributed by atoms with E-state index in [0.29, 0.717) is 30.1 Å². The van der Waals surface area contributed by atoms with Crippen molar-refractivity contribution in [2.24, 2.45) is 0 Å². The standard InChI is InChI=1S/C13H18N2O3/c1-17-9-6-7-15(8-9)13(16)12-10(14)4-3-5-11(12)18-2/h3-5,9H,6-8,14H2,1-2H3. The van der Waals surface area contributed by atoms with Crippen LogP contribution in [0.25, 0.3) is 0 Å². The summed E-state index contributed by atoms with van der Waals surface area (Å²) in [5.41, 5.74) is 6.76. The summed E-state index contributed by atoms with van der Waals surface area (Å²) in [5, 5.41) is 0. The van der Waals surface area contributed by atoms with Gasteiger partial charge in [-0.1, -0.05) is 6.07 Å². The summed E-state index contributed by atoms with van der Waals surface area (Å²) in [6, 6.07) is 5.22. The number of hydrogen-bond donors (Lipinski definition) is 1. The number of nitrogen functional groups attached to an aromatic ring is 1. The molecule has 1 aromatic rings. The van der Waals surface area contributed by atoms with E-state index < -0.39 is 0 Å². The highest BCUT2D eigenvalue weighted by Crippen LogP contribution is 2.27. The van der Waals surface area contributed by atoms with E-state index in [1.54, 1.807) is 30.2 Å². The quantitative estimate of drug-likeness (QED) is 0.817. The van der Waals surface area contributed by atoms with Crippen LogP contribution in [0.15, 0.2) is 18.2 Å². The molecule has 1 atom stereocenters. The minimum Gasteiger partial charge on any atom is -0.496 e. The third-order valence-corrected chi connectivity index (χ3v) is 3.26. The zero-order valence-corrected chi connectivity index (χ0v) is 10.7. The van der Waals surface area contributed by atoms with Crippen molar-refractivity contribution in [1.29, 1.82) is 0 Å². The van der Waals surface area contributed by atoms with Gasteiger partial charge in [-0.15, -0.1) is 0 Å². The summed E-state index contributed by atoms with van der Waals surface area (Å²) in [5.74, 6) is 0.422. The highest BCUT2D eigenvalue weighted by molar-refractivity contribution is 6.02. The lowest BCUT2D eigenvalue weighted by Gasteiger charge is -2.19. The minimum absolute atomic E-state index is 0.0931. The molecule has 1 saturated heterocycles. The van der Waals surface area contributed by atoms with E-state index in [0.717, 1.165) is 6.42 Å². The van der Waals surface area contributed by atoms with E-state index in [1.165, 1.54) is 7.11 Å². The molecule has 0 spiro atoms. The maximum atomic E-state index is 12.4. The lowest BCUT2D eigenvalue weighted by molar-refractivity contribution is 0.0722. The largest absolute Gasteiger partial charge is 0.496 e. The van der Waals surface area contributed by atoms with Crippen LogP contribution in [0.3, 0.4) is 0 Å². The number of likely N-dealkylation sites (tertiary alicyclic amines) is 1. The number of benzene rings is 1. The van der Waals surface area contributed by atoms with E-state index in [-0.39, 0.29) is 12.0 Å².